The Morgan fingerprint density at radius 1 is 1.00 bits per heavy atom. The van der Waals surface area contributed by atoms with Crippen molar-refractivity contribution in [2.24, 2.45) is 0 Å². The van der Waals surface area contributed by atoms with E-state index in [1.54, 1.807) is 0 Å². The van der Waals surface area contributed by atoms with E-state index in [2.05, 4.69) is 9.97 Å². The van der Waals surface area contributed by atoms with Crippen LogP contribution in [0.3, 0.4) is 0 Å². The van der Waals surface area contributed by atoms with E-state index in [1.165, 1.54) is 12.1 Å². The van der Waals surface area contributed by atoms with Crippen LogP contribution < -0.4 is 0 Å². The molecule has 0 aliphatic heterocycles. The molecule has 2 aromatic rings. The lowest BCUT2D eigenvalue weighted by molar-refractivity contribution is -0.137. The quantitative estimate of drug-likeness (QED) is 0.725. The molecule has 0 unspecified atom stereocenters. The van der Waals surface area contributed by atoms with Crippen molar-refractivity contribution >= 4 is 23.2 Å². The molecule has 0 fully saturated rings. The van der Waals surface area contributed by atoms with Crippen molar-refractivity contribution in [3.8, 4) is 11.3 Å². The van der Waals surface area contributed by atoms with Gasteiger partial charge >= 0.3 is 6.18 Å². The Labute approximate surface area is 110 Å². The minimum absolute atomic E-state index is 0.133. The predicted molar refractivity (Wildman–Crippen MR) is 62.5 cm³/mol. The van der Waals surface area contributed by atoms with Crippen molar-refractivity contribution in [2.75, 3.05) is 0 Å². The van der Waals surface area contributed by atoms with Crippen LogP contribution in [-0.2, 0) is 6.18 Å². The SMILES string of the molecule is FC(F)(F)c1ccc(Cl)c(-c2cc(Cl)ncn2)c1. The highest BCUT2D eigenvalue weighted by molar-refractivity contribution is 6.33. The van der Waals surface area contributed by atoms with Gasteiger partial charge in [0.1, 0.15) is 11.5 Å². The second-order valence-electron chi connectivity index (χ2n) is 3.42. The number of aromatic nitrogens is 2. The summed E-state index contributed by atoms with van der Waals surface area (Å²) in [6.45, 7) is 0. The molecule has 1 aromatic carbocycles. The molecule has 2 nitrogen and oxygen atoms in total. The Morgan fingerprint density at radius 3 is 2.33 bits per heavy atom. The van der Waals surface area contributed by atoms with Crippen LogP contribution in [-0.4, -0.2) is 9.97 Å². The molecule has 0 N–H and O–H groups in total. The van der Waals surface area contributed by atoms with Gasteiger partial charge in [0.2, 0.25) is 0 Å². The number of nitrogens with zero attached hydrogens (tertiary/aromatic N) is 2. The highest BCUT2D eigenvalue weighted by Crippen LogP contribution is 2.35. The van der Waals surface area contributed by atoms with Gasteiger partial charge in [-0.2, -0.15) is 13.2 Å². The van der Waals surface area contributed by atoms with Crippen LogP contribution in [0.4, 0.5) is 13.2 Å². The van der Waals surface area contributed by atoms with Gasteiger partial charge in [0.05, 0.1) is 11.3 Å². The second-order valence-corrected chi connectivity index (χ2v) is 4.21. The highest BCUT2D eigenvalue weighted by atomic mass is 35.5. The molecular formula is C11H5Cl2F3N2. The summed E-state index contributed by atoms with van der Waals surface area (Å²) < 4.78 is 37.8. The molecular weight excluding hydrogens is 288 g/mol. The first-order valence-electron chi connectivity index (χ1n) is 4.72. The van der Waals surface area contributed by atoms with E-state index in [-0.39, 0.29) is 21.4 Å². The van der Waals surface area contributed by atoms with Crippen LogP contribution in [0.1, 0.15) is 5.56 Å². The van der Waals surface area contributed by atoms with Crippen LogP contribution in [0, 0.1) is 0 Å². The first-order valence-corrected chi connectivity index (χ1v) is 5.48. The lowest BCUT2D eigenvalue weighted by atomic mass is 10.1. The Morgan fingerprint density at radius 2 is 1.72 bits per heavy atom. The average Bonchev–Trinajstić information content (AvgIpc) is 2.28. The Kier molecular flexibility index (Phi) is 3.45. The smallest absolute Gasteiger partial charge is 0.236 e. The van der Waals surface area contributed by atoms with Gasteiger partial charge in [-0.05, 0) is 18.2 Å². The summed E-state index contributed by atoms with van der Waals surface area (Å²) in [7, 11) is 0. The van der Waals surface area contributed by atoms with Crippen molar-refractivity contribution in [2.45, 2.75) is 6.18 Å². The summed E-state index contributed by atoms with van der Waals surface area (Å²) >= 11 is 11.5. The maximum absolute atomic E-state index is 12.6. The topological polar surface area (TPSA) is 25.8 Å². The van der Waals surface area contributed by atoms with Crippen molar-refractivity contribution in [3.63, 3.8) is 0 Å². The molecule has 0 aliphatic rings. The fourth-order valence-electron chi connectivity index (χ4n) is 1.38. The van der Waals surface area contributed by atoms with Crippen LogP contribution >= 0.6 is 23.2 Å². The maximum Gasteiger partial charge on any atom is 0.416 e. The summed E-state index contributed by atoms with van der Waals surface area (Å²) in [6.07, 6.45) is -3.27. The number of hydrogen-bond acceptors (Lipinski definition) is 2. The number of rotatable bonds is 1. The Bertz CT molecular complexity index is 585. The summed E-state index contributed by atoms with van der Waals surface area (Å²) in [4.78, 5) is 7.50. The van der Waals surface area contributed by atoms with Gasteiger partial charge in [0.25, 0.3) is 0 Å². The van der Waals surface area contributed by atoms with E-state index in [9.17, 15) is 13.2 Å². The second kappa shape index (κ2) is 4.74. The molecule has 1 heterocycles. The normalized spacial score (nSPS) is 11.6. The van der Waals surface area contributed by atoms with Crippen LogP contribution in [0.2, 0.25) is 10.2 Å². The number of alkyl halides is 3. The molecule has 0 radical (unpaired) electrons. The lowest BCUT2D eigenvalue weighted by Crippen LogP contribution is -2.05. The van der Waals surface area contributed by atoms with E-state index >= 15 is 0 Å². The van der Waals surface area contributed by atoms with Crippen LogP contribution in [0.15, 0.2) is 30.6 Å². The molecule has 94 valence electrons. The molecule has 0 saturated heterocycles. The third-order valence-electron chi connectivity index (χ3n) is 2.20. The molecule has 7 heteroatoms. The molecule has 18 heavy (non-hydrogen) atoms. The molecule has 0 aliphatic carbocycles. The zero-order valence-electron chi connectivity index (χ0n) is 8.67. The number of hydrogen-bond donors (Lipinski definition) is 0. The van der Waals surface area contributed by atoms with Gasteiger partial charge in [-0.15, -0.1) is 0 Å². The fourth-order valence-corrected chi connectivity index (χ4v) is 1.74. The molecule has 0 bridgehead atoms. The first kappa shape index (κ1) is 13.1. The zero-order chi connectivity index (χ0) is 13.3. The van der Waals surface area contributed by atoms with E-state index in [0.29, 0.717) is 0 Å². The van der Waals surface area contributed by atoms with Gasteiger partial charge < -0.3 is 0 Å². The summed E-state index contributed by atoms with van der Waals surface area (Å²) in [5.41, 5.74) is -0.390. The molecule has 1 aromatic heterocycles. The highest BCUT2D eigenvalue weighted by Gasteiger charge is 2.31. The minimum atomic E-state index is -4.43. The van der Waals surface area contributed by atoms with Gasteiger partial charge in [-0.25, -0.2) is 9.97 Å². The monoisotopic (exact) mass is 292 g/mol. The van der Waals surface area contributed by atoms with Crippen LogP contribution in [0.5, 0.6) is 0 Å². The third-order valence-corrected chi connectivity index (χ3v) is 2.74. The molecule has 0 atom stereocenters. The largest absolute Gasteiger partial charge is 0.416 e. The maximum atomic E-state index is 12.6. The summed E-state index contributed by atoms with van der Waals surface area (Å²) in [5.74, 6) is 0. The van der Waals surface area contributed by atoms with E-state index < -0.39 is 11.7 Å². The van der Waals surface area contributed by atoms with E-state index in [0.717, 1.165) is 18.5 Å². The lowest BCUT2D eigenvalue weighted by Gasteiger charge is -2.10. The van der Waals surface area contributed by atoms with Crippen molar-refractivity contribution in [1.82, 2.24) is 9.97 Å². The molecule has 0 spiro atoms. The van der Waals surface area contributed by atoms with Gasteiger partial charge in [-0.3, -0.25) is 0 Å². The first-order chi connectivity index (χ1) is 8.38. The van der Waals surface area contributed by atoms with Crippen molar-refractivity contribution in [1.29, 1.82) is 0 Å². The van der Waals surface area contributed by atoms with E-state index in [1.807, 2.05) is 0 Å². The fraction of sp³-hybridized carbons (Fsp3) is 0.0909. The Hall–Kier alpha value is -1.33. The van der Waals surface area contributed by atoms with Crippen molar-refractivity contribution < 1.29 is 13.2 Å². The van der Waals surface area contributed by atoms with Gasteiger partial charge in [0.15, 0.2) is 0 Å². The average molecular weight is 293 g/mol. The summed E-state index contributed by atoms with van der Waals surface area (Å²) in [6, 6.07) is 4.37. The summed E-state index contributed by atoms with van der Waals surface area (Å²) in [5, 5.41) is 0.297. The van der Waals surface area contributed by atoms with E-state index in [4.69, 9.17) is 23.2 Å². The minimum Gasteiger partial charge on any atom is -0.236 e. The van der Waals surface area contributed by atoms with Crippen LogP contribution in [0.25, 0.3) is 11.3 Å². The van der Waals surface area contributed by atoms with Gasteiger partial charge in [-0.1, -0.05) is 23.2 Å². The number of halogens is 5. The molecule has 0 saturated carbocycles. The zero-order valence-corrected chi connectivity index (χ0v) is 10.2. The predicted octanol–water partition coefficient (Wildman–Crippen LogP) is 4.47. The number of benzene rings is 1. The van der Waals surface area contributed by atoms with Gasteiger partial charge in [0, 0.05) is 16.7 Å². The third kappa shape index (κ3) is 2.73. The van der Waals surface area contributed by atoms with Crippen molar-refractivity contribution in [3.05, 3.63) is 46.3 Å². The standard InChI is InChI=1S/C11H5Cl2F3N2/c12-8-2-1-6(11(14,15)16)3-7(8)9-4-10(13)18-5-17-9/h1-5H. The Balaban J connectivity index is 2.57. The molecule has 2 rings (SSSR count). The molecule has 0 amide bonds.